The van der Waals surface area contributed by atoms with Crippen molar-refractivity contribution in [3.05, 3.63) is 39.4 Å². The predicted octanol–water partition coefficient (Wildman–Crippen LogP) is 2.88. The number of benzene rings is 1. The topological polar surface area (TPSA) is 64.1 Å². The molecule has 25 heavy (non-hydrogen) atoms. The van der Waals surface area contributed by atoms with Gasteiger partial charge in [0.2, 0.25) is 0 Å². The first-order chi connectivity index (χ1) is 11.7. The highest BCUT2D eigenvalue weighted by Gasteiger charge is 2.36. The van der Waals surface area contributed by atoms with Crippen LogP contribution in [0.15, 0.2) is 23.0 Å². The van der Waals surface area contributed by atoms with Crippen molar-refractivity contribution in [2.24, 2.45) is 5.73 Å². The van der Waals surface area contributed by atoms with Crippen LogP contribution in [0.1, 0.15) is 31.3 Å². The Hall–Kier alpha value is -1.64. The maximum Gasteiger partial charge on any atom is 0.401 e. The number of hydrogen-bond donors (Lipinski definition) is 1. The highest BCUT2D eigenvalue weighted by Crippen LogP contribution is 2.28. The first-order valence-corrected chi connectivity index (χ1v) is 8.30. The van der Waals surface area contributed by atoms with E-state index in [-0.39, 0.29) is 29.1 Å². The Kier molecular flexibility index (Phi) is 4.78. The van der Waals surface area contributed by atoms with Gasteiger partial charge in [0.05, 0.1) is 34.6 Å². The van der Waals surface area contributed by atoms with Crippen LogP contribution in [0.5, 0.6) is 0 Å². The number of fused-ring (bicyclic) bond motifs is 1. The van der Waals surface area contributed by atoms with E-state index in [0.29, 0.717) is 17.8 Å². The minimum Gasteiger partial charge on any atom is -0.322 e. The van der Waals surface area contributed by atoms with Gasteiger partial charge < -0.3 is 5.73 Å². The summed E-state index contributed by atoms with van der Waals surface area (Å²) in [6, 6.07) is 4.00. The molecule has 1 aliphatic rings. The summed E-state index contributed by atoms with van der Waals surface area (Å²) in [4.78, 5) is 18.7. The average molecular weight is 375 g/mol. The number of aromatic nitrogens is 2. The van der Waals surface area contributed by atoms with Gasteiger partial charge >= 0.3 is 6.18 Å². The average Bonchev–Trinajstić information content (AvgIpc) is 2.92. The molecule has 1 unspecified atom stereocenters. The second-order valence-corrected chi connectivity index (χ2v) is 6.77. The molecule has 0 amide bonds. The lowest BCUT2D eigenvalue weighted by atomic mass is 10.1. The molecule has 0 saturated carbocycles. The Balaban J connectivity index is 2.06. The zero-order valence-electron chi connectivity index (χ0n) is 13.6. The molecule has 9 heteroatoms. The van der Waals surface area contributed by atoms with Crippen molar-refractivity contribution in [2.45, 2.75) is 31.6 Å². The second-order valence-electron chi connectivity index (χ2n) is 6.36. The van der Waals surface area contributed by atoms with E-state index in [4.69, 9.17) is 17.3 Å². The van der Waals surface area contributed by atoms with Gasteiger partial charge in [-0.1, -0.05) is 17.7 Å². The minimum atomic E-state index is -4.27. The molecule has 2 N–H and O–H groups in total. The quantitative estimate of drug-likeness (QED) is 0.897. The predicted molar refractivity (Wildman–Crippen MR) is 89.8 cm³/mol. The van der Waals surface area contributed by atoms with Crippen molar-refractivity contribution >= 4 is 22.5 Å². The lowest BCUT2D eigenvalue weighted by Gasteiger charge is -2.22. The van der Waals surface area contributed by atoms with Crippen molar-refractivity contribution < 1.29 is 13.2 Å². The largest absolute Gasteiger partial charge is 0.401 e. The van der Waals surface area contributed by atoms with Gasteiger partial charge in [-0.3, -0.25) is 14.3 Å². The van der Waals surface area contributed by atoms with E-state index >= 15 is 0 Å². The van der Waals surface area contributed by atoms with Crippen LogP contribution in [-0.4, -0.2) is 40.3 Å². The summed E-state index contributed by atoms with van der Waals surface area (Å²) in [6.45, 7) is 1.08. The third-order valence-corrected chi connectivity index (χ3v) is 4.64. The van der Waals surface area contributed by atoms with E-state index in [9.17, 15) is 18.0 Å². The number of hydrogen-bond acceptors (Lipinski definition) is 4. The molecule has 2 atom stereocenters. The molecule has 0 radical (unpaired) electrons. The number of alkyl halides is 3. The van der Waals surface area contributed by atoms with Crippen LogP contribution < -0.4 is 11.3 Å². The molecule has 136 valence electrons. The summed E-state index contributed by atoms with van der Waals surface area (Å²) in [5.41, 5.74) is 6.04. The molecule has 2 aromatic rings. The van der Waals surface area contributed by atoms with E-state index in [0.717, 1.165) is 0 Å². The van der Waals surface area contributed by atoms with Crippen LogP contribution >= 0.6 is 11.6 Å². The zero-order chi connectivity index (χ0) is 18.4. The molecule has 1 fully saturated rings. The molecule has 0 bridgehead atoms. The third-order valence-electron chi connectivity index (χ3n) is 4.33. The van der Waals surface area contributed by atoms with E-state index in [2.05, 4.69) is 4.98 Å². The Morgan fingerprint density at radius 2 is 2.16 bits per heavy atom. The van der Waals surface area contributed by atoms with Gasteiger partial charge in [-0.25, -0.2) is 4.98 Å². The molecule has 2 heterocycles. The Morgan fingerprint density at radius 1 is 1.44 bits per heavy atom. The van der Waals surface area contributed by atoms with Gasteiger partial charge in [-0.2, -0.15) is 13.2 Å². The summed E-state index contributed by atoms with van der Waals surface area (Å²) in [5, 5.41) is 0.535. The van der Waals surface area contributed by atoms with E-state index in [1.165, 1.54) is 9.47 Å². The first kappa shape index (κ1) is 18.2. The van der Waals surface area contributed by atoms with Crippen molar-refractivity contribution in [1.29, 1.82) is 0 Å². The summed E-state index contributed by atoms with van der Waals surface area (Å²) in [5.74, 6) is 0.360. The minimum absolute atomic E-state index is 0.122. The summed E-state index contributed by atoms with van der Waals surface area (Å²) in [6.07, 6.45) is -3.85. The maximum absolute atomic E-state index is 13.0. The van der Waals surface area contributed by atoms with E-state index in [1.54, 1.807) is 25.1 Å². The number of halogens is 4. The SMILES string of the molecule is C[C@H](N)c1nc2cccc(Cl)c2c(=O)n1C1CCN(CC(F)(F)F)C1. The van der Waals surface area contributed by atoms with Crippen LogP contribution in [-0.2, 0) is 0 Å². The molecule has 1 aliphatic heterocycles. The van der Waals surface area contributed by atoms with Gasteiger partial charge in [-0.15, -0.1) is 0 Å². The van der Waals surface area contributed by atoms with Crippen molar-refractivity contribution in [3.63, 3.8) is 0 Å². The highest BCUT2D eigenvalue weighted by atomic mass is 35.5. The molecule has 1 aromatic heterocycles. The summed E-state index contributed by atoms with van der Waals surface area (Å²) >= 11 is 6.14. The Labute approximate surface area is 147 Å². The van der Waals surface area contributed by atoms with Crippen molar-refractivity contribution in [1.82, 2.24) is 14.5 Å². The van der Waals surface area contributed by atoms with Crippen LogP contribution in [0.3, 0.4) is 0 Å². The Bertz CT molecular complexity index is 850. The molecular formula is C16H18ClF3N4O. The fraction of sp³-hybridized carbons (Fsp3) is 0.500. The van der Waals surface area contributed by atoms with Crippen LogP contribution in [0.4, 0.5) is 13.2 Å². The Morgan fingerprint density at radius 3 is 2.80 bits per heavy atom. The first-order valence-electron chi connectivity index (χ1n) is 7.92. The number of rotatable bonds is 3. The van der Waals surface area contributed by atoms with E-state index < -0.39 is 24.8 Å². The van der Waals surface area contributed by atoms with E-state index in [1.807, 2.05) is 0 Å². The number of nitrogens with zero attached hydrogens (tertiary/aromatic N) is 3. The van der Waals surface area contributed by atoms with Crippen molar-refractivity contribution in [3.8, 4) is 0 Å². The monoisotopic (exact) mass is 374 g/mol. The maximum atomic E-state index is 13.0. The van der Waals surface area contributed by atoms with Crippen LogP contribution in [0.25, 0.3) is 10.9 Å². The third kappa shape index (κ3) is 3.65. The summed E-state index contributed by atoms with van der Waals surface area (Å²) < 4.78 is 39.3. The molecule has 0 spiro atoms. The fourth-order valence-electron chi connectivity index (χ4n) is 3.31. The number of likely N-dealkylation sites (tertiary alicyclic amines) is 1. The van der Waals surface area contributed by atoms with Crippen molar-refractivity contribution in [2.75, 3.05) is 19.6 Å². The number of nitrogens with two attached hydrogens (primary N) is 1. The molecule has 5 nitrogen and oxygen atoms in total. The highest BCUT2D eigenvalue weighted by molar-refractivity contribution is 6.35. The van der Waals surface area contributed by atoms with Gasteiger partial charge in [-0.05, 0) is 25.5 Å². The lowest BCUT2D eigenvalue weighted by molar-refractivity contribution is -0.143. The molecule has 1 aromatic carbocycles. The second kappa shape index (κ2) is 6.59. The van der Waals surface area contributed by atoms with Crippen LogP contribution in [0, 0.1) is 0 Å². The lowest BCUT2D eigenvalue weighted by Crippen LogP contribution is -2.36. The standard InChI is InChI=1S/C16H18ClF3N4O/c1-9(21)14-22-12-4-2-3-11(17)13(12)15(25)24(14)10-5-6-23(7-10)8-16(18,19)20/h2-4,9-10H,5-8,21H2,1H3/t9-,10?/m0/s1. The van der Waals surface area contributed by atoms with Gasteiger partial charge in [0.15, 0.2) is 0 Å². The van der Waals surface area contributed by atoms with Gasteiger partial charge in [0.1, 0.15) is 5.82 Å². The smallest absolute Gasteiger partial charge is 0.322 e. The van der Waals surface area contributed by atoms with Gasteiger partial charge in [0, 0.05) is 13.1 Å². The molecule has 3 rings (SSSR count). The molecular weight excluding hydrogens is 357 g/mol. The fourth-order valence-corrected chi connectivity index (χ4v) is 3.56. The summed E-state index contributed by atoms with van der Waals surface area (Å²) in [7, 11) is 0. The molecule has 1 saturated heterocycles. The normalized spacial score (nSPS) is 20.3. The molecule has 0 aliphatic carbocycles. The van der Waals surface area contributed by atoms with Crippen LogP contribution in [0.2, 0.25) is 5.02 Å². The van der Waals surface area contributed by atoms with Gasteiger partial charge in [0.25, 0.3) is 5.56 Å². The zero-order valence-corrected chi connectivity index (χ0v) is 14.3.